The number of nitrogens with zero attached hydrogens (tertiary/aromatic N) is 1. The summed E-state index contributed by atoms with van der Waals surface area (Å²) in [5.41, 5.74) is 1.86. The van der Waals surface area contributed by atoms with Gasteiger partial charge in [-0.25, -0.2) is 8.78 Å². The number of benzene rings is 2. The molecule has 1 atom stereocenters. The molecule has 134 valence electrons. The lowest BCUT2D eigenvalue weighted by atomic mass is 9.99. The van der Waals surface area contributed by atoms with Gasteiger partial charge in [0, 0.05) is 16.7 Å². The second-order valence-electron chi connectivity index (χ2n) is 6.21. The zero-order chi connectivity index (χ0) is 18.9. The molecule has 0 spiro atoms. The van der Waals surface area contributed by atoms with Crippen molar-refractivity contribution in [1.29, 1.82) is 5.26 Å². The second kappa shape index (κ2) is 10.00. The third kappa shape index (κ3) is 5.61. The van der Waals surface area contributed by atoms with Gasteiger partial charge < -0.3 is 0 Å². The molecule has 0 aliphatic heterocycles. The molecule has 2 aromatic rings. The first-order valence-corrected chi connectivity index (χ1v) is 9.23. The molecule has 0 fully saturated rings. The van der Waals surface area contributed by atoms with E-state index < -0.39 is 5.82 Å². The molecule has 2 aromatic carbocycles. The molecule has 0 aliphatic rings. The smallest absolute Gasteiger partial charge is 0.152 e. The Morgan fingerprint density at radius 3 is 2.54 bits per heavy atom. The van der Waals surface area contributed by atoms with Crippen molar-refractivity contribution in [3.8, 4) is 29.0 Å². The lowest BCUT2D eigenvalue weighted by molar-refractivity contribution is 0.619. The van der Waals surface area contributed by atoms with Crippen LogP contribution in [0.2, 0.25) is 0 Å². The molecule has 0 radical (unpaired) electrons. The van der Waals surface area contributed by atoms with Crippen molar-refractivity contribution in [2.75, 3.05) is 0 Å². The quantitative estimate of drug-likeness (QED) is 0.475. The highest BCUT2D eigenvalue weighted by atomic mass is 32.1. The van der Waals surface area contributed by atoms with Crippen molar-refractivity contribution in [3.63, 3.8) is 0 Å². The molecule has 2 rings (SSSR count). The molecule has 4 heteroatoms. The maximum atomic E-state index is 14.5. The van der Waals surface area contributed by atoms with E-state index in [0.29, 0.717) is 16.4 Å². The summed E-state index contributed by atoms with van der Waals surface area (Å²) >= 11 is 4.54. The molecule has 0 bridgehead atoms. The maximum Gasteiger partial charge on any atom is 0.152 e. The van der Waals surface area contributed by atoms with Gasteiger partial charge in [0.05, 0.1) is 5.56 Å². The van der Waals surface area contributed by atoms with Gasteiger partial charge in [-0.3, -0.25) is 0 Å². The number of halogens is 2. The normalized spacial score (nSPS) is 11.3. The average Bonchev–Trinajstić information content (AvgIpc) is 2.61. The Hall–Kier alpha value is -2.30. The van der Waals surface area contributed by atoms with Gasteiger partial charge in [0.15, 0.2) is 6.07 Å². The van der Waals surface area contributed by atoms with Crippen LogP contribution in [0.1, 0.15) is 43.7 Å². The van der Waals surface area contributed by atoms with Gasteiger partial charge in [-0.05, 0) is 60.9 Å². The van der Waals surface area contributed by atoms with E-state index in [4.69, 9.17) is 5.26 Å². The van der Waals surface area contributed by atoms with Gasteiger partial charge in [-0.2, -0.15) is 17.9 Å². The highest BCUT2D eigenvalue weighted by molar-refractivity contribution is 7.80. The van der Waals surface area contributed by atoms with Crippen LogP contribution < -0.4 is 0 Å². The van der Waals surface area contributed by atoms with Gasteiger partial charge in [0.25, 0.3) is 0 Å². The van der Waals surface area contributed by atoms with Crippen LogP contribution in [-0.2, 0) is 6.42 Å². The van der Waals surface area contributed by atoms with E-state index in [2.05, 4.69) is 31.4 Å². The van der Waals surface area contributed by atoms with Gasteiger partial charge in [-0.15, -0.1) is 0 Å². The summed E-state index contributed by atoms with van der Waals surface area (Å²) < 4.78 is 28.5. The minimum atomic E-state index is -0.565. The summed E-state index contributed by atoms with van der Waals surface area (Å²) in [6, 6.07) is 11.0. The monoisotopic (exact) mass is 369 g/mol. The molecular formula is C22H21F2NS. The standard InChI is InChI=1S/C22H21F2NS/c1-2-5-19(26)8-3-6-16-9-12-20(22(24)14-16)18-11-10-17(7-4-13-25)21(23)15-18/h9-12,14-15,19,26H,2-3,5-6,8H2,1H3. The van der Waals surface area contributed by atoms with E-state index in [1.807, 2.05) is 6.07 Å². The Balaban J connectivity index is 2.10. The first-order valence-electron chi connectivity index (χ1n) is 8.71. The van der Waals surface area contributed by atoms with Crippen LogP contribution >= 0.6 is 12.6 Å². The van der Waals surface area contributed by atoms with E-state index in [1.165, 1.54) is 18.2 Å². The number of thiol groups is 1. The largest absolute Gasteiger partial charge is 0.206 e. The van der Waals surface area contributed by atoms with Crippen molar-refractivity contribution >= 4 is 12.6 Å². The number of aryl methyl sites for hydroxylation is 1. The summed E-state index contributed by atoms with van der Waals surface area (Å²) in [4.78, 5) is 0. The molecule has 1 unspecified atom stereocenters. The number of hydrogen-bond donors (Lipinski definition) is 1. The Morgan fingerprint density at radius 1 is 1.08 bits per heavy atom. The highest BCUT2D eigenvalue weighted by Crippen LogP contribution is 2.26. The lowest BCUT2D eigenvalue weighted by Crippen LogP contribution is -1.99. The number of nitriles is 1. The zero-order valence-corrected chi connectivity index (χ0v) is 15.6. The van der Waals surface area contributed by atoms with E-state index >= 15 is 0 Å². The molecule has 0 aromatic heterocycles. The molecule has 0 saturated heterocycles. The summed E-state index contributed by atoms with van der Waals surface area (Å²) in [5.74, 6) is 3.64. The van der Waals surface area contributed by atoms with Crippen molar-refractivity contribution in [3.05, 3.63) is 59.2 Å². The van der Waals surface area contributed by atoms with Crippen LogP contribution in [-0.4, -0.2) is 5.25 Å². The summed E-state index contributed by atoms with van der Waals surface area (Å²) in [5, 5.41) is 8.83. The van der Waals surface area contributed by atoms with Crippen molar-refractivity contribution in [2.45, 2.75) is 44.3 Å². The van der Waals surface area contributed by atoms with Gasteiger partial charge in [-0.1, -0.05) is 31.5 Å². The molecule has 1 nitrogen and oxygen atoms in total. The molecule has 0 saturated carbocycles. The van der Waals surface area contributed by atoms with Crippen LogP contribution in [0.15, 0.2) is 36.4 Å². The Morgan fingerprint density at radius 2 is 1.88 bits per heavy atom. The Labute approximate surface area is 159 Å². The SMILES string of the molecule is CCCC(S)CCCc1ccc(-c2ccc(C#CC#N)c(F)c2)c(F)c1. The van der Waals surface area contributed by atoms with Crippen LogP contribution in [0.5, 0.6) is 0 Å². The van der Waals surface area contributed by atoms with E-state index in [9.17, 15) is 8.78 Å². The minimum absolute atomic E-state index is 0.126. The summed E-state index contributed by atoms with van der Waals surface area (Å²) in [7, 11) is 0. The van der Waals surface area contributed by atoms with E-state index in [1.54, 1.807) is 18.2 Å². The first kappa shape index (κ1) is 20.0. The third-order valence-electron chi connectivity index (χ3n) is 4.19. The molecule has 0 aliphatic carbocycles. The molecule has 0 heterocycles. The Kier molecular flexibility index (Phi) is 7.70. The van der Waals surface area contributed by atoms with E-state index in [-0.39, 0.29) is 11.4 Å². The van der Waals surface area contributed by atoms with E-state index in [0.717, 1.165) is 37.7 Å². The van der Waals surface area contributed by atoms with Gasteiger partial charge >= 0.3 is 0 Å². The number of rotatable bonds is 7. The van der Waals surface area contributed by atoms with Crippen LogP contribution in [0.25, 0.3) is 11.1 Å². The number of hydrogen-bond acceptors (Lipinski definition) is 2. The molecular weight excluding hydrogens is 348 g/mol. The van der Waals surface area contributed by atoms with Crippen molar-refractivity contribution in [2.24, 2.45) is 0 Å². The topological polar surface area (TPSA) is 23.8 Å². The second-order valence-corrected chi connectivity index (χ2v) is 6.94. The Bertz CT molecular complexity index is 859. The fraction of sp³-hybridized carbons (Fsp3) is 0.318. The highest BCUT2D eigenvalue weighted by Gasteiger charge is 2.10. The fourth-order valence-electron chi connectivity index (χ4n) is 2.85. The van der Waals surface area contributed by atoms with Gasteiger partial charge in [0.1, 0.15) is 11.6 Å². The molecule has 0 amide bonds. The van der Waals surface area contributed by atoms with Crippen molar-refractivity contribution in [1.82, 2.24) is 0 Å². The minimum Gasteiger partial charge on any atom is -0.206 e. The van der Waals surface area contributed by atoms with Crippen molar-refractivity contribution < 1.29 is 8.78 Å². The van der Waals surface area contributed by atoms with Gasteiger partial charge in [0.2, 0.25) is 0 Å². The average molecular weight is 369 g/mol. The summed E-state index contributed by atoms with van der Waals surface area (Å²) in [6.07, 6.45) is 4.99. The lowest BCUT2D eigenvalue weighted by Gasteiger charge is -2.10. The molecule has 0 N–H and O–H groups in total. The van der Waals surface area contributed by atoms with Crippen LogP contribution in [0.4, 0.5) is 8.78 Å². The predicted octanol–water partition coefficient (Wildman–Crippen LogP) is 5.93. The fourth-order valence-corrected chi connectivity index (χ4v) is 3.29. The van der Waals surface area contributed by atoms with Crippen LogP contribution in [0, 0.1) is 34.8 Å². The zero-order valence-electron chi connectivity index (χ0n) is 14.7. The first-order chi connectivity index (χ1) is 12.5. The predicted molar refractivity (Wildman–Crippen MR) is 105 cm³/mol. The maximum absolute atomic E-state index is 14.5. The van der Waals surface area contributed by atoms with Crippen LogP contribution in [0.3, 0.4) is 0 Å². The summed E-state index contributed by atoms with van der Waals surface area (Å²) in [6.45, 7) is 2.14. The molecule has 26 heavy (non-hydrogen) atoms. The third-order valence-corrected chi connectivity index (χ3v) is 4.71.